The van der Waals surface area contributed by atoms with Crippen molar-refractivity contribution < 1.29 is 14.3 Å². The summed E-state index contributed by atoms with van der Waals surface area (Å²) in [5, 5.41) is 1.92. The fraction of sp³-hybridized carbons (Fsp3) is 0.417. The molecule has 0 bridgehead atoms. The zero-order valence-electron chi connectivity index (χ0n) is 18.9. The quantitative estimate of drug-likeness (QED) is 0.426. The van der Waals surface area contributed by atoms with Crippen molar-refractivity contribution >= 4 is 55.8 Å². The lowest BCUT2D eigenvalue weighted by Crippen LogP contribution is -2.51. The van der Waals surface area contributed by atoms with E-state index < -0.39 is 5.60 Å². The van der Waals surface area contributed by atoms with Crippen LogP contribution in [0.4, 0.5) is 5.13 Å². The Morgan fingerprint density at radius 2 is 1.88 bits per heavy atom. The number of benzene rings is 2. The Balaban J connectivity index is 1.63. The fourth-order valence-corrected chi connectivity index (χ4v) is 5.05. The summed E-state index contributed by atoms with van der Waals surface area (Å²) in [6, 6.07) is 10.8. The SMILES string of the molecule is Cc1c(Cl)ccc2sc(N(CCN3CCOCC3)C(=O)C(C)(C)Oc3ccc(Cl)cc3)nc12. The molecule has 0 unspecified atom stereocenters. The molecule has 0 saturated carbocycles. The van der Waals surface area contributed by atoms with Crippen molar-refractivity contribution in [2.24, 2.45) is 0 Å². The maximum atomic E-state index is 13.8. The minimum atomic E-state index is -1.11. The van der Waals surface area contributed by atoms with Gasteiger partial charge in [-0.1, -0.05) is 34.5 Å². The monoisotopic (exact) mass is 507 g/mol. The molecule has 33 heavy (non-hydrogen) atoms. The highest BCUT2D eigenvalue weighted by molar-refractivity contribution is 7.22. The van der Waals surface area contributed by atoms with E-state index in [4.69, 9.17) is 37.7 Å². The zero-order valence-corrected chi connectivity index (χ0v) is 21.3. The van der Waals surface area contributed by atoms with Crippen LogP contribution in [0, 0.1) is 6.92 Å². The summed E-state index contributed by atoms with van der Waals surface area (Å²) >= 11 is 13.8. The first kappa shape index (κ1) is 24.2. The van der Waals surface area contributed by atoms with Crippen molar-refractivity contribution in [2.45, 2.75) is 26.4 Å². The average Bonchev–Trinajstić information content (AvgIpc) is 3.23. The van der Waals surface area contributed by atoms with Gasteiger partial charge in [0.25, 0.3) is 5.91 Å². The summed E-state index contributed by atoms with van der Waals surface area (Å²) in [7, 11) is 0. The summed E-state index contributed by atoms with van der Waals surface area (Å²) in [6.45, 7) is 9.84. The van der Waals surface area contributed by atoms with Crippen LogP contribution >= 0.6 is 34.5 Å². The Labute approximate surface area is 208 Å². The number of aromatic nitrogens is 1. The van der Waals surface area contributed by atoms with Gasteiger partial charge in [0.15, 0.2) is 10.7 Å². The summed E-state index contributed by atoms with van der Waals surface area (Å²) in [6.07, 6.45) is 0. The van der Waals surface area contributed by atoms with Crippen LogP contribution in [0.1, 0.15) is 19.4 Å². The zero-order chi connectivity index (χ0) is 23.6. The van der Waals surface area contributed by atoms with Crippen molar-refractivity contribution in [3.05, 3.63) is 52.0 Å². The molecule has 1 amide bonds. The number of fused-ring (bicyclic) bond motifs is 1. The Morgan fingerprint density at radius 3 is 2.58 bits per heavy atom. The largest absolute Gasteiger partial charge is 0.478 e. The van der Waals surface area contributed by atoms with Crippen molar-refractivity contribution in [3.63, 3.8) is 0 Å². The Bertz CT molecular complexity index is 1130. The third-order valence-corrected chi connectivity index (χ3v) is 7.36. The predicted molar refractivity (Wildman–Crippen MR) is 135 cm³/mol. The first-order chi connectivity index (χ1) is 15.7. The van der Waals surface area contributed by atoms with Gasteiger partial charge in [0.1, 0.15) is 5.75 Å². The number of ether oxygens (including phenoxy) is 2. The van der Waals surface area contributed by atoms with Crippen molar-refractivity contribution in [1.29, 1.82) is 0 Å². The maximum absolute atomic E-state index is 13.8. The van der Waals surface area contributed by atoms with Gasteiger partial charge in [0.2, 0.25) is 0 Å². The summed E-state index contributed by atoms with van der Waals surface area (Å²) < 4.78 is 12.6. The highest BCUT2D eigenvalue weighted by atomic mass is 35.5. The molecule has 0 N–H and O–H groups in total. The molecule has 1 fully saturated rings. The number of carbonyl (C=O) groups excluding carboxylic acids is 1. The smallest absolute Gasteiger partial charge is 0.272 e. The van der Waals surface area contributed by atoms with E-state index in [1.165, 1.54) is 11.3 Å². The van der Waals surface area contributed by atoms with Gasteiger partial charge in [-0.2, -0.15) is 0 Å². The van der Waals surface area contributed by atoms with Gasteiger partial charge in [-0.25, -0.2) is 4.98 Å². The van der Waals surface area contributed by atoms with E-state index in [-0.39, 0.29) is 5.91 Å². The number of amides is 1. The molecule has 0 atom stereocenters. The molecule has 6 nitrogen and oxygen atoms in total. The molecular formula is C24H27Cl2N3O3S. The molecular weight excluding hydrogens is 481 g/mol. The average molecular weight is 508 g/mol. The molecule has 0 aliphatic carbocycles. The van der Waals surface area contributed by atoms with Gasteiger partial charge in [0.05, 0.1) is 23.4 Å². The van der Waals surface area contributed by atoms with Gasteiger partial charge in [0, 0.05) is 36.2 Å². The number of morpholine rings is 1. The number of anilines is 1. The van der Waals surface area contributed by atoms with Gasteiger partial charge >= 0.3 is 0 Å². The van der Waals surface area contributed by atoms with E-state index >= 15 is 0 Å². The molecule has 2 heterocycles. The first-order valence-corrected chi connectivity index (χ1v) is 12.4. The number of carbonyl (C=O) groups is 1. The van der Waals surface area contributed by atoms with Crippen LogP contribution in [0.3, 0.4) is 0 Å². The minimum Gasteiger partial charge on any atom is -0.478 e. The number of halogens is 2. The molecule has 1 aliphatic heterocycles. The number of nitrogens with zero attached hydrogens (tertiary/aromatic N) is 3. The van der Waals surface area contributed by atoms with Crippen LogP contribution < -0.4 is 9.64 Å². The third-order valence-electron chi connectivity index (χ3n) is 5.66. The van der Waals surface area contributed by atoms with E-state index in [1.807, 2.05) is 19.1 Å². The summed E-state index contributed by atoms with van der Waals surface area (Å²) in [5.41, 5.74) is 0.626. The Morgan fingerprint density at radius 1 is 1.18 bits per heavy atom. The fourth-order valence-electron chi connectivity index (χ4n) is 3.72. The number of rotatable bonds is 7. The topological polar surface area (TPSA) is 54.9 Å². The lowest BCUT2D eigenvalue weighted by atomic mass is 10.1. The van der Waals surface area contributed by atoms with E-state index in [1.54, 1.807) is 43.0 Å². The molecule has 9 heteroatoms. The highest BCUT2D eigenvalue weighted by Crippen LogP contribution is 2.35. The number of thiazole rings is 1. The molecule has 3 aromatic rings. The molecule has 1 aliphatic rings. The second kappa shape index (κ2) is 10.2. The third kappa shape index (κ3) is 5.61. The number of hydrogen-bond acceptors (Lipinski definition) is 6. The van der Waals surface area contributed by atoms with Crippen molar-refractivity contribution in [1.82, 2.24) is 9.88 Å². The van der Waals surface area contributed by atoms with Crippen LogP contribution in [-0.2, 0) is 9.53 Å². The van der Waals surface area contributed by atoms with Gasteiger partial charge < -0.3 is 9.47 Å². The van der Waals surface area contributed by atoms with Gasteiger partial charge in [-0.3, -0.25) is 14.6 Å². The van der Waals surface area contributed by atoms with E-state index in [2.05, 4.69) is 4.90 Å². The molecule has 1 aromatic heterocycles. The molecule has 0 radical (unpaired) electrons. The number of hydrogen-bond donors (Lipinski definition) is 0. The molecule has 176 valence electrons. The predicted octanol–water partition coefficient (Wildman–Crippen LogP) is 5.43. The maximum Gasteiger partial charge on any atom is 0.272 e. The Kier molecular flexibility index (Phi) is 7.46. The van der Waals surface area contributed by atoms with Crippen molar-refractivity contribution in [3.8, 4) is 5.75 Å². The lowest BCUT2D eigenvalue weighted by molar-refractivity contribution is -0.131. The lowest BCUT2D eigenvalue weighted by Gasteiger charge is -2.33. The minimum absolute atomic E-state index is 0.159. The molecule has 1 saturated heterocycles. The molecule has 0 spiro atoms. The number of aryl methyl sites for hydroxylation is 1. The normalized spacial score (nSPS) is 15.1. The van der Waals surface area contributed by atoms with E-state index in [0.29, 0.717) is 40.7 Å². The summed E-state index contributed by atoms with van der Waals surface area (Å²) in [4.78, 5) is 22.7. The van der Waals surface area contributed by atoms with Crippen LogP contribution in [0.5, 0.6) is 5.75 Å². The second-order valence-corrected chi connectivity index (χ2v) is 10.3. The first-order valence-electron chi connectivity index (χ1n) is 10.9. The van der Waals surface area contributed by atoms with Crippen molar-refractivity contribution in [2.75, 3.05) is 44.3 Å². The van der Waals surface area contributed by atoms with Gasteiger partial charge in [-0.15, -0.1) is 0 Å². The van der Waals surface area contributed by atoms with Crippen LogP contribution in [-0.4, -0.2) is 60.8 Å². The van der Waals surface area contributed by atoms with Gasteiger partial charge in [-0.05, 0) is 62.7 Å². The Hall–Kier alpha value is -1.90. The molecule has 4 rings (SSSR count). The van der Waals surface area contributed by atoms with Crippen LogP contribution in [0.2, 0.25) is 10.0 Å². The standard InChI is InChI=1S/C24H27Cl2N3O3S/c1-16-19(26)8-9-20-21(16)27-23(33-20)29(11-10-28-12-14-31-15-13-28)22(30)24(2,3)32-18-6-4-17(25)5-7-18/h4-9H,10-15H2,1-3H3. The van der Waals surface area contributed by atoms with Crippen LogP contribution in [0.25, 0.3) is 10.2 Å². The molecule has 2 aromatic carbocycles. The van der Waals surface area contributed by atoms with E-state index in [9.17, 15) is 4.79 Å². The van der Waals surface area contributed by atoms with E-state index in [0.717, 1.165) is 35.4 Å². The second-order valence-electron chi connectivity index (χ2n) is 8.49. The van der Waals surface area contributed by atoms with Crippen LogP contribution in [0.15, 0.2) is 36.4 Å². The summed E-state index contributed by atoms with van der Waals surface area (Å²) in [5.74, 6) is 0.423. The highest BCUT2D eigenvalue weighted by Gasteiger charge is 2.36.